The maximum atomic E-state index is 12.6. The fraction of sp³-hybridized carbons (Fsp3) is 0. The molecule has 2 aromatic heterocycles. The molecule has 28 heavy (non-hydrogen) atoms. The summed E-state index contributed by atoms with van der Waals surface area (Å²) in [4.78, 5) is 40.0. The molecule has 0 spiro atoms. The Morgan fingerprint density at radius 3 is 2.39 bits per heavy atom. The molecular formula is C17H8Cl3N3O5. The Morgan fingerprint density at radius 2 is 1.75 bits per heavy atom. The summed E-state index contributed by atoms with van der Waals surface area (Å²) in [7, 11) is 0. The van der Waals surface area contributed by atoms with Gasteiger partial charge in [-0.2, -0.15) is 9.78 Å². The second-order valence-electron chi connectivity index (χ2n) is 5.24. The third kappa shape index (κ3) is 3.99. The summed E-state index contributed by atoms with van der Waals surface area (Å²) in [6, 6.07) is 8.03. The van der Waals surface area contributed by atoms with Crippen LogP contribution in [0.25, 0.3) is 5.82 Å². The number of halogens is 3. The zero-order valence-electron chi connectivity index (χ0n) is 13.6. The summed E-state index contributed by atoms with van der Waals surface area (Å²) in [5.74, 6) is -2.35. The lowest BCUT2D eigenvalue weighted by molar-refractivity contribution is 0.0814. The summed E-state index contributed by atoms with van der Waals surface area (Å²) in [5.41, 5.74) is -0.462. The first-order valence-corrected chi connectivity index (χ1v) is 8.57. The van der Waals surface area contributed by atoms with Gasteiger partial charge >= 0.3 is 6.16 Å². The van der Waals surface area contributed by atoms with Crippen LogP contribution in [-0.4, -0.2) is 37.6 Å². The van der Waals surface area contributed by atoms with E-state index in [1.54, 1.807) is 6.07 Å². The number of nitrogens with zero attached hydrogens (tertiary/aromatic N) is 3. The summed E-state index contributed by atoms with van der Waals surface area (Å²) in [6.45, 7) is 0. The minimum Gasteiger partial charge on any atom is -0.449 e. The molecule has 142 valence electrons. The number of rotatable bonds is 5. The molecule has 0 bridgehead atoms. The molecule has 0 atom stereocenters. The zero-order valence-corrected chi connectivity index (χ0v) is 15.9. The lowest BCUT2D eigenvalue weighted by Crippen LogP contribution is -2.16. The summed E-state index contributed by atoms with van der Waals surface area (Å²) in [6.07, 6.45) is -0.271. The van der Waals surface area contributed by atoms with Crippen molar-refractivity contribution in [1.29, 1.82) is 0 Å². The first-order valence-electron chi connectivity index (χ1n) is 7.43. The van der Waals surface area contributed by atoms with E-state index in [0.717, 1.165) is 10.7 Å². The van der Waals surface area contributed by atoms with Crippen LogP contribution in [0.2, 0.25) is 15.1 Å². The van der Waals surface area contributed by atoms with Gasteiger partial charge in [0.05, 0.1) is 10.0 Å². The van der Waals surface area contributed by atoms with Gasteiger partial charge in [0, 0.05) is 22.8 Å². The third-order valence-electron chi connectivity index (χ3n) is 3.42. The van der Waals surface area contributed by atoms with E-state index in [-0.39, 0.29) is 33.0 Å². The topological polar surface area (TPSA) is 111 Å². The molecule has 0 unspecified atom stereocenters. The van der Waals surface area contributed by atoms with E-state index in [1.807, 2.05) is 0 Å². The number of carbonyl (C=O) groups excluding carboxylic acids is 2. The summed E-state index contributed by atoms with van der Waals surface area (Å²) in [5, 5.41) is 13.2. The molecule has 0 saturated heterocycles. The molecule has 11 heteroatoms. The molecule has 0 saturated carbocycles. The SMILES string of the molecule is O=C(O)Oc1cc(C(=O)C(=O)c2ccc(Cl)cc2Cl)nn1-c1ncccc1Cl. The van der Waals surface area contributed by atoms with Gasteiger partial charge in [-0.25, -0.2) is 9.78 Å². The number of Topliss-reactive ketones (excluding diaryl/α,β-unsaturated/α-hetero) is 2. The molecule has 8 nitrogen and oxygen atoms in total. The number of benzene rings is 1. The lowest BCUT2D eigenvalue weighted by atomic mass is 10.1. The first-order chi connectivity index (χ1) is 13.3. The molecule has 3 rings (SSSR count). The van der Waals surface area contributed by atoms with Crippen LogP contribution < -0.4 is 4.74 Å². The van der Waals surface area contributed by atoms with Crippen molar-refractivity contribution >= 4 is 52.5 Å². The van der Waals surface area contributed by atoms with Gasteiger partial charge in [-0.15, -0.1) is 0 Å². The Kier molecular flexibility index (Phi) is 5.64. The van der Waals surface area contributed by atoms with E-state index >= 15 is 0 Å². The monoisotopic (exact) mass is 439 g/mol. The fourth-order valence-corrected chi connectivity index (χ4v) is 2.93. The Bertz CT molecular complexity index is 1110. The number of carboxylic acid groups (broad SMARTS) is 1. The van der Waals surface area contributed by atoms with Crippen LogP contribution in [0.3, 0.4) is 0 Å². The quantitative estimate of drug-likeness (QED) is 0.356. The van der Waals surface area contributed by atoms with E-state index < -0.39 is 17.7 Å². The van der Waals surface area contributed by atoms with Gasteiger partial charge < -0.3 is 9.84 Å². The number of hydrogen-bond donors (Lipinski definition) is 1. The van der Waals surface area contributed by atoms with Crippen LogP contribution in [-0.2, 0) is 0 Å². The van der Waals surface area contributed by atoms with Gasteiger partial charge in [-0.1, -0.05) is 34.8 Å². The minimum atomic E-state index is -1.65. The number of aromatic nitrogens is 3. The van der Waals surface area contributed by atoms with Crippen LogP contribution in [0, 0.1) is 0 Å². The van der Waals surface area contributed by atoms with Crippen molar-refractivity contribution in [2.75, 3.05) is 0 Å². The average Bonchev–Trinajstić information content (AvgIpc) is 3.03. The van der Waals surface area contributed by atoms with Gasteiger partial charge in [0.15, 0.2) is 5.82 Å². The third-order valence-corrected chi connectivity index (χ3v) is 4.27. The van der Waals surface area contributed by atoms with Crippen molar-refractivity contribution in [2.45, 2.75) is 0 Å². The van der Waals surface area contributed by atoms with Gasteiger partial charge in [0.25, 0.3) is 5.78 Å². The number of ether oxygens (including phenoxy) is 1. The lowest BCUT2D eigenvalue weighted by Gasteiger charge is -2.05. The predicted molar refractivity (Wildman–Crippen MR) is 100 cm³/mol. The first kappa shape index (κ1) is 19.8. The van der Waals surface area contributed by atoms with E-state index in [1.165, 1.54) is 30.5 Å². The van der Waals surface area contributed by atoms with Crippen LogP contribution in [0.5, 0.6) is 5.88 Å². The van der Waals surface area contributed by atoms with Gasteiger partial charge in [-0.3, -0.25) is 9.59 Å². The molecule has 0 aliphatic carbocycles. The smallest absolute Gasteiger partial charge is 0.449 e. The largest absolute Gasteiger partial charge is 0.512 e. The molecule has 0 aliphatic rings. The molecule has 0 amide bonds. The van der Waals surface area contributed by atoms with Crippen molar-refractivity contribution in [3.8, 4) is 11.7 Å². The van der Waals surface area contributed by atoms with E-state index in [2.05, 4.69) is 14.8 Å². The van der Waals surface area contributed by atoms with Crippen molar-refractivity contribution in [3.63, 3.8) is 0 Å². The van der Waals surface area contributed by atoms with Crippen LogP contribution in [0.4, 0.5) is 4.79 Å². The number of ketones is 2. The Balaban J connectivity index is 2.04. The minimum absolute atomic E-state index is 0.0106. The van der Waals surface area contributed by atoms with E-state index in [0.29, 0.717) is 5.02 Å². The molecule has 1 aromatic carbocycles. The number of hydrogen-bond acceptors (Lipinski definition) is 6. The fourth-order valence-electron chi connectivity index (χ4n) is 2.23. The van der Waals surface area contributed by atoms with Crippen molar-refractivity contribution in [2.24, 2.45) is 0 Å². The maximum absolute atomic E-state index is 12.6. The predicted octanol–water partition coefficient (Wildman–Crippen LogP) is 4.35. The van der Waals surface area contributed by atoms with E-state index in [4.69, 9.17) is 39.9 Å². The summed E-state index contributed by atoms with van der Waals surface area (Å²) < 4.78 is 5.53. The Labute approximate surface area is 172 Å². The molecule has 0 aliphatic heterocycles. The van der Waals surface area contributed by atoms with Crippen molar-refractivity contribution in [3.05, 3.63) is 68.9 Å². The molecule has 2 heterocycles. The van der Waals surface area contributed by atoms with Gasteiger partial charge in [-0.05, 0) is 30.3 Å². The highest BCUT2D eigenvalue weighted by Gasteiger charge is 2.27. The van der Waals surface area contributed by atoms with E-state index in [9.17, 15) is 14.4 Å². The zero-order chi connectivity index (χ0) is 20.4. The van der Waals surface area contributed by atoms with Crippen molar-refractivity contribution < 1.29 is 24.2 Å². The highest BCUT2D eigenvalue weighted by molar-refractivity contribution is 6.51. The maximum Gasteiger partial charge on any atom is 0.512 e. The van der Waals surface area contributed by atoms with Crippen LogP contribution in [0.15, 0.2) is 42.6 Å². The second kappa shape index (κ2) is 7.97. The second-order valence-corrected chi connectivity index (χ2v) is 6.49. The summed E-state index contributed by atoms with van der Waals surface area (Å²) >= 11 is 17.8. The molecule has 0 radical (unpaired) electrons. The highest BCUT2D eigenvalue weighted by Crippen LogP contribution is 2.26. The van der Waals surface area contributed by atoms with Gasteiger partial charge in [0.1, 0.15) is 5.69 Å². The number of carbonyl (C=O) groups is 3. The Hall–Kier alpha value is -2.94. The van der Waals surface area contributed by atoms with Crippen molar-refractivity contribution in [1.82, 2.24) is 14.8 Å². The van der Waals surface area contributed by atoms with Crippen LogP contribution in [0.1, 0.15) is 20.8 Å². The molecular weight excluding hydrogens is 433 g/mol. The Morgan fingerprint density at radius 1 is 1.00 bits per heavy atom. The molecule has 0 fully saturated rings. The van der Waals surface area contributed by atoms with Crippen LogP contribution >= 0.6 is 34.8 Å². The average molecular weight is 441 g/mol. The normalized spacial score (nSPS) is 10.5. The molecule has 3 aromatic rings. The number of pyridine rings is 1. The highest BCUT2D eigenvalue weighted by atomic mass is 35.5. The standard InChI is InChI=1S/C17H8Cl3N3O5/c18-8-3-4-9(11(20)6-8)14(24)15(25)12-7-13(28-17(26)27)23(22-12)16-10(19)2-1-5-21-16/h1-7H,(H,26,27). The molecule has 1 N–H and O–H groups in total. The van der Waals surface area contributed by atoms with Gasteiger partial charge in [0.2, 0.25) is 11.7 Å².